The molecule has 0 saturated heterocycles. The number of ketones is 1. The molecule has 3 aromatic carbocycles. The topological polar surface area (TPSA) is 82.5 Å². The van der Waals surface area contributed by atoms with Crippen LogP contribution in [0.25, 0.3) is 32.4 Å². The Morgan fingerprint density at radius 3 is 1.98 bits per heavy atom. The van der Waals surface area contributed by atoms with Crippen molar-refractivity contribution in [2.75, 3.05) is 6.54 Å². The van der Waals surface area contributed by atoms with E-state index in [1.807, 2.05) is 39.0 Å². The highest BCUT2D eigenvalue weighted by atomic mass is 32.1. The van der Waals surface area contributed by atoms with E-state index in [0.717, 1.165) is 37.9 Å². The number of aromatic carboxylic acids is 1. The number of carbonyl (C=O) groups is 2. The highest BCUT2D eigenvalue weighted by Gasteiger charge is 2.47. The zero-order valence-corrected chi connectivity index (χ0v) is 30.5. The van der Waals surface area contributed by atoms with Crippen LogP contribution in [0.2, 0.25) is 0 Å². The Hall–Kier alpha value is -4.75. The van der Waals surface area contributed by atoms with Crippen LogP contribution in [0.4, 0.5) is 5.69 Å². The number of allylic oxidation sites excluding steroid dienone is 3. The Morgan fingerprint density at radius 2 is 1.47 bits per heavy atom. The van der Waals surface area contributed by atoms with Crippen molar-refractivity contribution in [3.8, 4) is 5.00 Å². The number of fused-ring (bicyclic) bond motifs is 4. The van der Waals surface area contributed by atoms with Gasteiger partial charge in [-0.25, -0.2) is 4.79 Å². The minimum absolute atomic E-state index is 0.00449. The van der Waals surface area contributed by atoms with Gasteiger partial charge in [0.15, 0.2) is 5.71 Å². The summed E-state index contributed by atoms with van der Waals surface area (Å²) in [5.74, 6) is -1.18. The maximum atomic E-state index is 13.8. The molecule has 2 aliphatic rings. The van der Waals surface area contributed by atoms with Gasteiger partial charge in [-0.3, -0.25) is 4.79 Å². The smallest absolute Gasteiger partial charge is 0.335 e. The number of Topliss-reactive ketones (excluding diaryl/α,β-unsaturated/α-hetero) is 1. The molecular formula is C42H43N2O4S+. The van der Waals surface area contributed by atoms with Gasteiger partial charge in [0.2, 0.25) is 11.5 Å². The molecule has 0 bridgehead atoms. The summed E-state index contributed by atoms with van der Waals surface area (Å²) in [6, 6.07) is 22.6. The summed E-state index contributed by atoms with van der Waals surface area (Å²) in [5.41, 5.74) is 7.68. The minimum atomic E-state index is -0.978. The number of hydrogen-bond donors (Lipinski definition) is 2. The molecule has 0 fully saturated rings. The summed E-state index contributed by atoms with van der Waals surface area (Å²) in [7, 11) is 0. The Bertz CT molecular complexity index is 2290. The first-order valence-corrected chi connectivity index (χ1v) is 17.7. The number of carbonyl (C=O) groups excluding carboxylic acids is 1. The van der Waals surface area contributed by atoms with E-state index in [1.54, 1.807) is 18.2 Å². The molecule has 1 aliphatic carbocycles. The summed E-state index contributed by atoms with van der Waals surface area (Å²) in [5, 5.41) is 24.4. The first-order chi connectivity index (χ1) is 22.9. The number of rotatable bonds is 5. The number of aliphatic hydroxyl groups is 1. The highest BCUT2D eigenvalue weighted by molar-refractivity contribution is 7.16. The zero-order chi connectivity index (χ0) is 35.4. The minimum Gasteiger partial charge on any atom is -0.506 e. The first-order valence-electron chi connectivity index (χ1n) is 16.9. The van der Waals surface area contributed by atoms with E-state index in [1.165, 1.54) is 33.2 Å². The average Bonchev–Trinajstić information content (AvgIpc) is 3.69. The van der Waals surface area contributed by atoms with Gasteiger partial charge in [-0.1, -0.05) is 53.7 Å². The third-order valence-electron chi connectivity index (χ3n) is 10.3. The SMILES string of the molecule is CC[N+]1=C(C=C2C(=O)C(c3ccc(-n4c5ccc(C(C)(C)C)cc5c5cc(C(C)(C)C)ccc54)s3)=C2O)C(C)(C)c2cc(C(=O)O)ccc21. The van der Waals surface area contributed by atoms with Gasteiger partial charge < -0.3 is 14.8 Å². The monoisotopic (exact) mass is 671 g/mol. The predicted octanol–water partition coefficient (Wildman–Crippen LogP) is 10.0. The van der Waals surface area contributed by atoms with E-state index in [4.69, 9.17) is 0 Å². The number of nitrogens with zero attached hydrogens (tertiary/aromatic N) is 2. The maximum Gasteiger partial charge on any atom is 0.335 e. The number of thiophene rings is 1. The molecule has 49 heavy (non-hydrogen) atoms. The van der Waals surface area contributed by atoms with Crippen molar-refractivity contribution in [1.29, 1.82) is 0 Å². The fourth-order valence-corrected chi connectivity index (χ4v) is 8.38. The van der Waals surface area contributed by atoms with Gasteiger partial charge in [0.1, 0.15) is 17.3 Å². The fourth-order valence-electron chi connectivity index (χ4n) is 7.31. The van der Waals surface area contributed by atoms with E-state index >= 15 is 0 Å². The molecule has 0 spiro atoms. The molecule has 6 nitrogen and oxygen atoms in total. The fraction of sp³-hybridized carbons (Fsp3) is 0.310. The van der Waals surface area contributed by atoms with Crippen LogP contribution in [0.1, 0.15) is 94.2 Å². The van der Waals surface area contributed by atoms with Crippen LogP contribution in [0.5, 0.6) is 0 Å². The van der Waals surface area contributed by atoms with Crippen LogP contribution in [-0.4, -0.2) is 43.4 Å². The molecule has 2 aromatic heterocycles. The summed E-state index contributed by atoms with van der Waals surface area (Å²) in [4.78, 5) is 26.2. The molecule has 1 aliphatic heterocycles. The summed E-state index contributed by atoms with van der Waals surface area (Å²) in [6.07, 6.45) is 1.78. The Labute approximate surface area is 291 Å². The lowest BCUT2D eigenvalue weighted by molar-refractivity contribution is -0.433. The van der Waals surface area contributed by atoms with Crippen molar-refractivity contribution in [2.45, 2.75) is 78.6 Å². The molecule has 0 saturated carbocycles. The van der Waals surface area contributed by atoms with E-state index in [0.29, 0.717) is 12.1 Å². The second-order valence-corrected chi connectivity index (χ2v) is 16.9. The Balaban J connectivity index is 1.31. The lowest BCUT2D eigenvalue weighted by Gasteiger charge is -2.22. The Morgan fingerprint density at radius 1 is 0.878 bits per heavy atom. The molecule has 0 unspecified atom stereocenters. The second kappa shape index (κ2) is 10.9. The van der Waals surface area contributed by atoms with Crippen molar-refractivity contribution in [3.05, 3.63) is 111 Å². The first kappa shape index (κ1) is 32.8. The third kappa shape index (κ3) is 5.01. The van der Waals surface area contributed by atoms with Crippen LogP contribution < -0.4 is 0 Å². The molecule has 250 valence electrons. The van der Waals surface area contributed by atoms with Crippen LogP contribution in [-0.2, 0) is 21.0 Å². The van der Waals surface area contributed by atoms with E-state index in [9.17, 15) is 19.8 Å². The molecule has 2 N–H and O–H groups in total. The van der Waals surface area contributed by atoms with Crippen molar-refractivity contribution < 1.29 is 24.4 Å². The average molecular weight is 672 g/mol. The summed E-state index contributed by atoms with van der Waals surface area (Å²) < 4.78 is 4.36. The van der Waals surface area contributed by atoms with E-state index in [2.05, 4.69) is 87.1 Å². The lowest BCUT2D eigenvalue weighted by atomic mass is 9.78. The lowest BCUT2D eigenvalue weighted by Crippen LogP contribution is -2.30. The van der Waals surface area contributed by atoms with Crippen molar-refractivity contribution in [2.24, 2.45) is 0 Å². The van der Waals surface area contributed by atoms with Crippen LogP contribution >= 0.6 is 11.3 Å². The third-order valence-corrected chi connectivity index (χ3v) is 11.3. The number of benzene rings is 3. The molecule has 7 rings (SSSR count). The molecule has 7 heteroatoms. The van der Waals surface area contributed by atoms with Crippen LogP contribution in [0.15, 0.2) is 84.1 Å². The highest BCUT2D eigenvalue weighted by Crippen LogP contribution is 2.45. The van der Waals surface area contributed by atoms with Gasteiger partial charge in [-0.05, 0) is 91.3 Å². The van der Waals surface area contributed by atoms with Crippen molar-refractivity contribution >= 4 is 61.9 Å². The van der Waals surface area contributed by atoms with E-state index in [-0.39, 0.29) is 33.5 Å². The quantitative estimate of drug-likeness (QED) is 0.144. The summed E-state index contributed by atoms with van der Waals surface area (Å²) >= 11 is 1.50. The number of aromatic nitrogens is 1. The van der Waals surface area contributed by atoms with Crippen molar-refractivity contribution in [1.82, 2.24) is 4.57 Å². The molecule has 5 aromatic rings. The van der Waals surface area contributed by atoms with Gasteiger partial charge in [0.25, 0.3) is 0 Å². The van der Waals surface area contributed by atoms with Gasteiger partial charge in [0, 0.05) is 33.4 Å². The number of carboxylic acid groups (broad SMARTS) is 1. The van der Waals surface area contributed by atoms with Gasteiger partial charge in [-0.15, -0.1) is 11.3 Å². The zero-order valence-electron chi connectivity index (χ0n) is 29.6. The molecule has 0 radical (unpaired) electrons. The second-order valence-electron chi connectivity index (χ2n) is 15.8. The van der Waals surface area contributed by atoms with Crippen molar-refractivity contribution in [3.63, 3.8) is 0 Å². The summed E-state index contributed by atoms with van der Waals surface area (Å²) in [6.45, 7) is 20.1. The van der Waals surface area contributed by atoms with E-state index < -0.39 is 11.4 Å². The molecule has 3 heterocycles. The van der Waals surface area contributed by atoms with Gasteiger partial charge in [0.05, 0.1) is 33.2 Å². The Kier molecular flexibility index (Phi) is 7.28. The normalized spacial score (nSPS) is 17.1. The molecule has 0 amide bonds. The van der Waals surface area contributed by atoms with Crippen LogP contribution in [0, 0.1) is 0 Å². The van der Waals surface area contributed by atoms with Crippen LogP contribution in [0.3, 0.4) is 0 Å². The maximum absolute atomic E-state index is 13.8. The standard InChI is InChI=1S/C42H42N2O4S/c1-10-43-32-14-11-23(39(47)48)19-29(32)42(8,9)34(43)22-28-37(45)36(38(28)46)33-17-18-35(49-33)44-30-15-12-24(40(2,3)4)20-26(30)27-21-25(41(5,6)7)13-16-31(27)44/h11-22H,10H2,1-9H3,(H-,45,46,47,48)/p+1. The van der Waals surface area contributed by atoms with Gasteiger partial charge in [-0.2, -0.15) is 4.58 Å². The van der Waals surface area contributed by atoms with Gasteiger partial charge >= 0.3 is 5.97 Å². The largest absolute Gasteiger partial charge is 0.506 e. The molecular weight excluding hydrogens is 629 g/mol. The number of aliphatic hydroxyl groups excluding tert-OH is 1. The predicted molar refractivity (Wildman–Crippen MR) is 201 cm³/mol. The number of carboxylic acids is 1. The molecule has 0 atom stereocenters. The number of hydrogen-bond acceptors (Lipinski definition) is 4.